The second kappa shape index (κ2) is 5.92. The van der Waals surface area contributed by atoms with Gasteiger partial charge in [0.15, 0.2) is 0 Å². The lowest BCUT2D eigenvalue weighted by molar-refractivity contribution is -0.120. The number of anilines is 1. The zero-order chi connectivity index (χ0) is 14.7. The molecule has 0 aliphatic carbocycles. The Bertz CT molecular complexity index is 530. The molecule has 0 spiro atoms. The Labute approximate surface area is 117 Å². The molecular weight excluding hydrogens is 258 g/mol. The average Bonchev–Trinajstić information content (AvgIpc) is 2.84. The molecule has 4 N–H and O–H groups in total. The standard InChI is InChI=1S/C14H19N3O3/c1-8-6-16-7-10(8)14(19)17-11-5-9(13(15)18)3-4-12(11)20-2/h3-5,8,10,16H,6-7H2,1-2H3,(H2,15,18)(H,17,19)/t8-,10-/m1/s1. The van der Waals surface area contributed by atoms with Gasteiger partial charge in [-0.3, -0.25) is 9.59 Å². The number of amides is 2. The predicted octanol–water partition coefficient (Wildman–Crippen LogP) is 0.588. The first-order chi connectivity index (χ1) is 9.52. The van der Waals surface area contributed by atoms with Crippen LogP contribution in [0.1, 0.15) is 17.3 Å². The fraction of sp³-hybridized carbons (Fsp3) is 0.429. The van der Waals surface area contributed by atoms with Crippen molar-refractivity contribution in [2.75, 3.05) is 25.5 Å². The maximum atomic E-state index is 12.3. The Balaban J connectivity index is 2.20. The van der Waals surface area contributed by atoms with E-state index in [4.69, 9.17) is 10.5 Å². The van der Waals surface area contributed by atoms with E-state index in [-0.39, 0.29) is 17.7 Å². The van der Waals surface area contributed by atoms with Crippen LogP contribution in [0.4, 0.5) is 5.69 Å². The van der Waals surface area contributed by atoms with E-state index >= 15 is 0 Å². The lowest BCUT2D eigenvalue weighted by Gasteiger charge is -2.16. The van der Waals surface area contributed by atoms with E-state index in [1.54, 1.807) is 12.1 Å². The Morgan fingerprint density at radius 2 is 2.15 bits per heavy atom. The third-order valence-corrected chi connectivity index (χ3v) is 3.60. The first-order valence-corrected chi connectivity index (χ1v) is 6.52. The second-order valence-corrected chi connectivity index (χ2v) is 5.01. The van der Waals surface area contributed by atoms with Gasteiger partial charge in [-0.05, 0) is 30.7 Å². The molecule has 2 rings (SSSR count). The Kier molecular flexibility index (Phi) is 4.24. The minimum absolute atomic E-state index is 0.0811. The molecule has 6 heteroatoms. The topological polar surface area (TPSA) is 93.4 Å². The molecule has 0 aromatic heterocycles. The van der Waals surface area contributed by atoms with E-state index < -0.39 is 5.91 Å². The van der Waals surface area contributed by atoms with Crippen LogP contribution >= 0.6 is 0 Å². The monoisotopic (exact) mass is 277 g/mol. The first-order valence-electron chi connectivity index (χ1n) is 6.52. The molecule has 0 unspecified atom stereocenters. The lowest BCUT2D eigenvalue weighted by Crippen LogP contribution is -2.28. The summed E-state index contributed by atoms with van der Waals surface area (Å²) < 4.78 is 5.19. The van der Waals surface area contributed by atoms with Crippen molar-refractivity contribution in [3.05, 3.63) is 23.8 Å². The Morgan fingerprint density at radius 3 is 2.70 bits per heavy atom. The number of nitrogens with two attached hydrogens (primary N) is 1. The fourth-order valence-electron chi connectivity index (χ4n) is 2.35. The smallest absolute Gasteiger partial charge is 0.248 e. The maximum absolute atomic E-state index is 12.3. The predicted molar refractivity (Wildman–Crippen MR) is 75.7 cm³/mol. The summed E-state index contributed by atoms with van der Waals surface area (Å²) in [6.07, 6.45) is 0. The quantitative estimate of drug-likeness (QED) is 0.751. The highest BCUT2D eigenvalue weighted by atomic mass is 16.5. The highest BCUT2D eigenvalue weighted by molar-refractivity contribution is 5.98. The normalized spacial score (nSPS) is 21.5. The number of carbonyl (C=O) groups excluding carboxylic acids is 2. The van der Waals surface area contributed by atoms with Crippen molar-refractivity contribution in [2.24, 2.45) is 17.6 Å². The van der Waals surface area contributed by atoms with Gasteiger partial charge in [0.25, 0.3) is 0 Å². The first kappa shape index (κ1) is 14.3. The van der Waals surface area contributed by atoms with Crippen LogP contribution in [0, 0.1) is 11.8 Å². The van der Waals surface area contributed by atoms with E-state index in [0.717, 1.165) is 6.54 Å². The van der Waals surface area contributed by atoms with Crippen molar-refractivity contribution in [3.8, 4) is 5.75 Å². The second-order valence-electron chi connectivity index (χ2n) is 5.01. The van der Waals surface area contributed by atoms with Crippen LogP contribution in [0.5, 0.6) is 5.75 Å². The van der Waals surface area contributed by atoms with Crippen LogP contribution in [-0.2, 0) is 4.79 Å². The highest BCUT2D eigenvalue weighted by Crippen LogP contribution is 2.27. The van der Waals surface area contributed by atoms with Crippen LogP contribution < -0.4 is 21.1 Å². The van der Waals surface area contributed by atoms with Crippen molar-refractivity contribution in [3.63, 3.8) is 0 Å². The van der Waals surface area contributed by atoms with Crippen LogP contribution in [0.3, 0.4) is 0 Å². The molecular formula is C14H19N3O3. The molecule has 0 saturated carbocycles. The fourth-order valence-corrected chi connectivity index (χ4v) is 2.35. The van der Waals surface area contributed by atoms with Gasteiger partial charge in [0, 0.05) is 12.1 Å². The number of carbonyl (C=O) groups is 2. The van der Waals surface area contributed by atoms with Crippen molar-refractivity contribution >= 4 is 17.5 Å². The van der Waals surface area contributed by atoms with E-state index in [1.807, 2.05) is 6.92 Å². The Morgan fingerprint density at radius 1 is 1.40 bits per heavy atom. The van der Waals surface area contributed by atoms with Crippen LogP contribution in [0.25, 0.3) is 0 Å². The number of benzene rings is 1. The molecule has 2 amide bonds. The zero-order valence-corrected chi connectivity index (χ0v) is 11.6. The van der Waals surface area contributed by atoms with Gasteiger partial charge in [0.2, 0.25) is 11.8 Å². The number of primary amides is 1. The molecule has 1 aromatic rings. The highest BCUT2D eigenvalue weighted by Gasteiger charge is 2.30. The van der Waals surface area contributed by atoms with E-state index in [9.17, 15) is 9.59 Å². The molecule has 1 heterocycles. The molecule has 1 aliphatic heterocycles. The summed E-state index contributed by atoms with van der Waals surface area (Å²) in [5.74, 6) is 0.0701. The molecule has 2 atom stereocenters. The van der Waals surface area contributed by atoms with Crippen LogP contribution in [0.2, 0.25) is 0 Å². The van der Waals surface area contributed by atoms with Gasteiger partial charge >= 0.3 is 0 Å². The largest absolute Gasteiger partial charge is 0.495 e. The molecule has 20 heavy (non-hydrogen) atoms. The number of ether oxygens (including phenoxy) is 1. The zero-order valence-electron chi connectivity index (χ0n) is 11.6. The molecule has 0 bridgehead atoms. The summed E-state index contributed by atoms with van der Waals surface area (Å²) in [4.78, 5) is 23.5. The minimum atomic E-state index is -0.543. The summed E-state index contributed by atoms with van der Waals surface area (Å²) in [6, 6.07) is 4.72. The third-order valence-electron chi connectivity index (χ3n) is 3.60. The van der Waals surface area contributed by atoms with Crippen molar-refractivity contribution in [1.82, 2.24) is 5.32 Å². The van der Waals surface area contributed by atoms with Crippen molar-refractivity contribution < 1.29 is 14.3 Å². The number of hydrogen-bond acceptors (Lipinski definition) is 4. The van der Waals surface area contributed by atoms with Gasteiger partial charge < -0.3 is 21.1 Å². The lowest BCUT2D eigenvalue weighted by atomic mass is 9.97. The maximum Gasteiger partial charge on any atom is 0.248 e. The van der Waals surface area contributed by atoms with E-state index in [1.165, 1.54) is 13.2 Å². The van der Waals surface area contributed by atoms with Gasteiger partial charge in [-0.25, -0.2) is 0 Å². The van der Waals surface area contributed by atoms with E-state index in [2.05, 4.69) is 10.6 Å². The minimum Gasteiger partial charge on any atom is -0.495 e. The SMILES string of the molecule is COc1ccc(C(N)=O)cc1NC(=O)[C@@H]1CNC[C@H]1C. The van der Waals surface area contributed by atoms with Gasteiger partial charge in [-0.1, -0.05) is 6.92 Å². The average molecular weight is 277 g/mol. The molecule has 0 radical (unpaired) electrons. The molecule has 108 valence electrons. The molecule has 6 nitrogen and oxygen atoms in total. The van der Waals surface area contributed by atoms with Gasteiger partial charge in [-0.15, -0.1) is 0 Å². The molecule has 1 saturated heterocycles. The summed E-state index contributed by atoms with van der Waals surface area (Å²) in [7, 11) is 1.51. The molecule has 1 fully saturated rings. The van der Waals surface area contributed by atoms with Gasteiger partial charge in [0.1, 0.15) is 5.75 Å². The van der Waals surface area contributed by atoms with Crippen molar-refractivity contribution in [2.45, 2.75) is 6.92 Å². The number of methoxy groups -OCH3 is 1. The Hall–Kier alpha value is -2.08. The molecule has 1 aliphatic rings. The van der Waals surface area contributed by atoms with Gasteiger partial charge in [-0.2, -0.15) is 0 Å². The number of nitrogens with one attached hydrogen (secondary N) is 2. The third kappa shape index (κ3) is 2.91. The van der Waals surface area contributed by atoms with Crippen LogP contribution in [0.15, 0.2) is 18.2 Å². The summed E-state index contributed by atoms with van der Waals surface area (Å²) in [6.45, 7) is 3.52. The number of hydrogen-bond donors (Lipinski definition) is 3. The summed E-state index contributed by atoms with van der Waals surface area (Å²) in [5.41, 5.74) is 6.04. The number of rotatable bonds is 4. The van der Waals surface area contributed by atoms with E-state index in [0.29, 0.717) is 23.5 Å². The van der Waals surface area contributed by atoms with Crippen LogP contribution in [-0.4, -0.2) is 32.0 Å². The summed E-state index contributed by atoms with van der Waals surface area (Å²) >= 11 is 0. The molecule has 1 aromatic carbocycles. The van der Waals surface area contributed by atoms with Gasteiger partial charge in [0.05, 0.1) is 18.7 Å². The van der Waals surface area contributed by atoms with Crippen molar-refractivity contribution in [1.29, 1.82) is 0 Å². The summed E-state index contributed by atoms with van der Waals surface area (Å²) in [5, 5.41) is 6.00.